The molecular formula is C11H22O4Si. The van der Waals surface area contributed by atoms with Gasteiger partial charge in [0.2, 0.25) is 0 Å². The fraction of sp³-hybridized carbons (Fsp3) is 0.818. The van der Waals surface area contributed by atoms with Crippen LogP contribution in [-0.4, -0.2) is 38.6 Å². The molecule has 0 aliphatic carbocycles. The molecule has 1 unspecified atom stereocenters. The zero-order chi connectivity index (χ0) is 12.8. The molecule has 94 valence electrons. The van der Waals surface area contributed by atoms with E-state index in [1.165, 1.54) is 7.11 Å². The van der Waals surface area contributed by atoms with Crippen LogP contribution in [0.15, 0.2) is 0 Å². The third-order valence-electron chi connectivity index (χ3n) is 2.42. The molecule has 5 heteroatoms. The van der Waals surface area contributed by atoms with Crippen molar-refractivity contribution in [2.24, 2.45) is 5.92 Å². The number of Topliss-reactive ketones (excluding diaryl/α,β-unsaturated/α-hetero) is 1. The Bertz CT molecular complexity index is 245. The zero-order valence-corrected chi connectivity index (χ0v) is 11.6. The topological polar surface area (TPSA) is 63.6 Å². The molecule has 0 aromatic carbocycles. The van der Waals surface area contributed by atoms with Crippen LogP contribution in [-0.2, 0) is 14.3 Å². The lowest BCUT2D eigenvalue weighted by Crippen LogP contribution is -2.28. The van der Waals surface area contributed by atoms with E-state index in [0.717, 1.165) is 6.04 Å². The maximum atomic E-state index is 11.6. The molecule has 4 nitrogen and oxygen atoms in total. The van der Waals surface area contributed by atoms with Crippen LogP contribution in [0.3, 0.4) is 0 Å². The van der Waals surface area contributed by atoms with Crippen molar-refractivity contribution < 1.29 is 19.4 Å². The van der Waals surface area contributed by atoms with Gasteiger partial charge in [-0.3, -0.25) is 9.59 Å². The van der Waals surface area contributed by atoms with Gasteiger partial charge in [-0.05, 0) is 6.42 Å². The maximum Gasteiger partial charge on any atom is 0.314 e. The molecule has 0 heterocycles. The number of carboxylic acid groups (broad SMARTS) is 1. The Morgan fingerprint density at radius 1 is 1.31 bits per heavy atom. The van der Waals surface area contributed by atoms with Crippen molar-refractivity contribution in [3.8, 4) is 0 Å². The molecule has 16 heavy (non-hydrogen) atoms. The normalized spacial score (nSPS) is 13.5. The minimum atomic E-state index is -1.29. The van der Waals surface area contributed by atoms with E-state index in [4.69, 9.17) is 9.84 Å². The van der Waals surface area contributed by atoms with Gasteiger partial charge in [0.1, 0.15) is 11.7 Å². The number of methoxy groups -OCH3 is 1. The SMILES string of the molecule is COCCC(=O)C(CC[Si](C)(C)C)C(=O)O. The molecule has 0 fully saturated rings. The van der Waals surface area contributed by atoms with Crippen molar-refractivity contribution in [2.45, 2.75) is 38.5 Å². The van der Waals surface area contributed by atoms with E-state index in [2.05, 4.69) is 19.6 Å². The van der Waals surface area contributed by atoms with Crippen LogP contribution >= 0.6 is 0 Å². The van der Waals surface area contributed by atoms with E-state index in [1.54, 1.807) is 0 Å². The van der Waals surface area contributed by atoms with Gasteiger partial charge in [0.05, 0.1) is 6.61 Å². The summed E-state index contributed by atoms with van der Waals surface area (Å²) in [5.41, 5.74) is 0. The van der Waals surface area contributed by atoms with Gasteiger partial charge in [0.25, 0.3) is 0 Å². The number of ether oxygens (including phenoxy) is 1. The van der Waals surface area contributed by atoms with E-state index in [0.29, 0.717) is 13.0 Å². The highest BCUT2D eigenvalue weighted by Crippen LogP contribution is 2.18. The van der Waals surface area contributed by atoms with Gasteiger partial charge in [-0.15, -0.1) is 0 Å². The molecule has 0 bridgehead atoms. The molecule has 0 aliphatic heterocycles. The molecule has 0 saturated heterocycles. The van der Waals surface area contributed by atoms with Crippen LogP contribution in [0.2, 0.25) is 25.7 Å². The molecule has 0 radical (unpaired) electrons. The molecule has 0 rings (SSSR count). The van der Waals surface area contributed by atoms with Gasteiger partial charge < -0.3 is 9.84 Å². The number of carboxylic acids is 1. The fourth-order valence-electron chi connectivity index (χ4n) is 1.38. The van der Waals surface area contributed by atoms with E-state index < -0.39 is 20.0 Å². The number of rotatable bonds is 8. The summed E-state index contributed by atoms with van der Waals surface area (Å²) in [6.45, 7) is 6.82. The molecule has 0 aliphatic rings. The van der Waals surface area contributed by atoms with Crippen molar-refractivity contribution in [3.63, 3.8) is 0 Å². The minimum Gasteiger partial charge on any atom is -0.481 e. The van der Waals surface area contributed by atoms with Crippen LogP contribution in [0, 0.1) is 5.92 Å². The second-order valence-corrected chi connectivity index (χ2v) is 10.8. The summed E-state index contributed by atoms with van der Waals surface area (Å²) >= 11 is 0. The molecule has 0 saturated carbocycles. The fourth-order valence-corrected chi connectivity index (χ4v) is 2.53. The standard InChI is InChI=1S/C11H22O4Si/c1-15-7-5-10(12)9(11(13)14)6-8-16(2,3)4/h9H,5-8H2,1-4H3,(H,13,14). The Kier molecular flexibility index (Phi) is 6.51. The Labute approximate surface area is 98.0 Å². The third kappa shape index (κ3) is 6.74. The monoisotopic (exact) mass is 246 g/mol. The van der Waals surface area contributed by atoms with E-state index in [9.17, 15) is 9.59 Å². The molecule has 0 amide bonds. The Morgan fingerprint density at radius 3 is 2.25 bits per heavy atom. The van der Waals surface area contributed by atoms with Crippen molar-refractivity contribution in [1.82, 2.24) is 0 Å². The predicted octanol–water partition coefficient (Wildman–Crippen LogP) is 2.02. The number of hydrogen-bond acceptors (Lipinski definition) is 3. The summed E-state index contributed by atoms with van der Waals surface area (Å²) in [5.74, 6) is -2.06. The molecule has 0 spiro atoms. The lowest BCUT2D eigenvalue weighted by molar-refractivity contribution is -0.146. The number of carbonyl (C=O) groups excluding carboxylic acids is 1. The summed E-state index contributed by atoms with van der Waals surface area (Å²) < 4.78 is 4.78. The summed E-state index contributed by atoms with van der Waals surface area (Å²) in [7, 11) is 0.215. The first-order valence-corrected chi connectivity index (χ1v) is 9.23. The highest BCUT2D eigenvalue weighted by molar-refractivity contribution is 6.76. The second-order valence-electron chi connectivity index (χ2n) is 5.20. The largest absolute Gasteiger partial charge is 0.481 e. The average Bonchev–Trinajstić information content (AvgIpc) is 2.12. The average molecular weight is 246 g/mol. The molecular weight excluding hydrogens is 224 g/mol. The molecule has 0 aromatic heterocycles. The predicted molar refractivity (Wildman–Crippen MR) is 65.4 cm³/mol. The maximum absolute atomic E-state index is 11.6. The smallest absolute Gasteiger partial charge is 0.314 e. The van der Waals surface area contributed by atoms with Crippen LogP contribution < -0.4 is 0 Å². The third-order valence-corrected chi connectivity index (χ3v) is 4.21. The Balaban J connectivity index is 4.28. The Morgan fingerprint density at radius 2 is 1.88 bits per heavy atom. The summed E-state index contributed by atoms with van der Waals surface area (Å²) in [6, 6.07) is 0.864. The van der Waals surface area contributed by atoms with E-state index in [-0.39, 0.29) is 12.2 Å². The first kappa shape index (κ1) is 15.3. The van der Waals surface area contributed by atoms with E-state index in [1.807, 2.05) is 0 Å². The number of carbonyl (C=O) groups is 2. The lowest BCUT2D eigenvalue weighted by Gasteiger charge is -2.18. The van der Waals surface area contributed by atoms with Crippen molar-refractivity contribution >= 4 is 19.8 Å². The summed E-state index contributed by atoms with van der Waals surface area (Å²) in [5, 5.41) is 8.99. The van der Waals surface area contributed by atoms with Gasteiger partial charge in [-0.25, -0.2) is 0 Å². The van der Waals surface area contributed by atoms with E-state index >= 15 is 0 Å². The summed E-state index contributed by atoms with van der Waals surface area (Å²) in [4.78, 5) is 22.6. The molecule has 1 N–H and O–H groups in total. The van der Waals surface area contributed by atoms with Crippen LogP contribution in [0.5, 0.6) is 0 Å². The van der Waals surface area contributed by atoms with Crippen molar-refractivity contribution in [2.75, 3.05) is 13.7 Å². The molecule has 0 aromatic rings. The highest BCUT2D eigenvalue weighted by Gasteiger charge is 2.27. The van der Waals surface area contributed by atoms with Crippen LogP contribution in [0.25, 0.3) is 0 Å². The van der Waals surface area contributed by atoms with Gasteiger partial charge in [-0.1, -0.05) is 25.7 Å². The summed E-state index contributed by atoms with van der Waals surface area (Å²) in [6.07, 6.45) is 0.659. The van der Waals surface area contributed by atoms with Gasteiger partial charge in [0, 0.05) is 21.6 Å². The Hall–Kier alpha value is -0.683. The number of hydrogen-bond donors (Lipinski definition) is 1. The number of aliphatic carboxylic acids is 1. The quantitative estimate of drug-likeness (QED) is 0.525. The second kappa shape index (κ2) is 6.80. The zero-order valence-electron chi connectivity index (χ0n) is 10.6. The van der Waals surface area contributed by atoms with Crippen LogP contribution in [0.4, 0.5) is 0 Å². The molecule has 1 atom stereocenters. The van der Waals surface area contributed by atoms with Gasteiger partial charge >= 0.3 is 5.97 Å². The first-order chi connectivity index (χ1) is 7.28. The highest BCUT2D eigenvalue weighted by atomic mass is 28.3. The van der Waals surface area contributed by atoms with Crippen molar-refractivity contribution in [1.29, 1.82) is 0 Å². The lowest BCUT2D eigenvalue weighted by atomic mass is 9.99. The van der Waals surface area contributed by atoms with Crippen molar-refractivity contribution in [3.05, 3.63) is 0 Å². The number of ketones is 1. The van der Waals surface area contributed by atoms with Gasteiger partial charge in [-0.2, -0.15) is 0 Å². The first-order valence-electron chi connectivity index (χ1n) is 5.52. The minimum absolute atomic E-state index is 0.194. The van der Waals surface area contributed by atoms with Gasteiger partial charge in [0.15, 0.2) is 0 Å². The van der Waals surface area contributed by atoms with Crippen LogP contribution in [0.1, 0.15) is 12.8 Å².